The van der Waals surface area contributed by atoms with Gasteiger partial charge in [0.15, 0.2) is 0 Å². The third kappa shape index (κ3) is 7.75. The lowest BCUT2D eigenvalue weighted by atomic mass is 9.92. The number of aliphatic hydroxyl groups excluding tert-OH is 1. The van der Waals surface area contributed by atoms with Crippen molar-refractivity contribution in [1.82, 2.24) is 20.6 Å². The van der Waals surface area contributed by atoms with Crippen LogP contribution in [0.2, 0.25) is 0 Å². The summed E-state index contributed by atoms with van der Waals surface area (Å²) in [7, 11) is 0. The molecule has 194 valence electrons. The Hall–Kier alpha value is -3.48. The number of hydrogen-bond donors (Lipinski definition) is 5. The first-order chi connectivity index (χ1) is 18.0. The average Bonchev–Trinajstić information content (AvgIpc) is 3.45. The first-order valence-electron chi connectivity index (χ1n) is 12.6. The van der Waals surface area contributed by atoms with E-state index in [1.807, 2.05) is 43.3 Å². The number of ether oxygens (including phenoxy) is 1. The smallest absolute Gasteiger partial charge is 0.293 e. The summed E-state index contributed by atoms with van der Waals surface area (Å²) in [6, 6.07) is 16.6. The second-order valence-electron chi connectivity index (χ2n) is 9.43. The zero-order valence-corrected chi connectivity index (χ0v) is 21.0. The number of aromatic hydroxyl groups is 1. The molecule has 0 aliphatic carbocycles. The Morgan fingerprint density at radius 2 is 1.84 bits per heavy atom. The molecule has 2 aromatic carbocycles. The van der Waals surface area contributed by atoms with E-state index in [1.54, 1.807) is 0 Å². The molecule has 0 radical (unpaired) electrons. The van der Waals surface area contributed by atoms with Gasteiger partial charge < -0.3 is 30.6 Å². The topological polar surface area (TPSA) is 120 Å². The minimum absolute atomic E-state index is 0.0166. The Balaban J connectivity index is 1.41. The minimum Gasteiger partial charge on any atom is -0.502 e. The summed E-state index contributed by atoms with van der Waals surface area (Å²) >= 11 is 0. The fourth-order valence-electron chi connectivity index (χ4n) is 4.17. The maximum Gasteiger partial charge on any atom is 0.293 e. The molecule has 3 atom stereocenters. The maximum absolute atomic E-state index is 11.8. The second-order valence-corrected chi connectivity index (χ2v) is 9.43. The van der Waals surface area contributed by atoms with Crippen molar-refractivity contribution in [2.45, 2.75) is 44.3 Å². The summed E-state index contributed by atoms with van der Waals surface area (Å²) in [4.78, 5) is 18.3. The molecule has 1 fully saturated rings. The Bertz CT molecular complexity index is 1260. The number of aromatic amines is 1. The first-order valence-corrected chi connectivity index (χ1v) is 12.6. The highest BCUT2D eigenvalue weighted by Crippen LogP contribution is 2.23. The predicted molar refractivity (Wildman–Crippen MR) is 142 cm³/mol. The van der Waals surface area contributed by atoms with Crippen molar-refractivity contribution in [3.63, 3.8) is 0 Å². The van der Waals surface area contributed by atoms with Crippen LogP contribution < -0.4 is 16.2 Å². The summed E-state index contributed by atoms with van der Waals surface area (Å²) in [5.74, 6) is 6.02. The van der Waals surface area contributed by atoms with Gasteiger partial charge in [0.2, 0.25) is 5.75 Å². The van der Waals surface area contributed by atoms with E-state index in [0.717, 1.165) is 42.9 Å². The molecule has 2 unspecified atom stereocenters. The fraction of sp³-hybridized carbons (Fsp3) is 0.379. The van der Waals surface area contributed by atoms with Gasteiger partial charge in [-0.2, -0.15) is 0 Å². The van der Waals surface area contributed by atoms with E-state index in [9.17, 15) is 15.0 Å². The number of hydrogen-bond acceptors (Lipinski definition) is 7. The second kappa shape index (κ2) is 13.2. The van der Waals surface area contributed by atoms with Crippen molar-refractivity contribution >= 4 is 0 Å². The van der Waals surface area contributed by atoms with Crippen molar-refractivity contribution in [2.75, 3.05) is 26.4 Å². The molecule has 8 nitrogen and oxygen atoms in total. The van der Waals surface area contributed by atoms with Crippen LogP contribution in [0.15, 0.2) is 59.7 Å². The van der Waals surface area contributed by atoms with E-state index in [2.05, 4.69) is 44.6 Å². The van der Waals surface area contributed by atoms with E-state index >= 15 is 0 Å². The molecule has 1 aliphatic rings. The number of H-pyrrole nitrogens is 1. The van der Waals surface area contributed by atoms with Crippen LogP contribution >= 0.6 is 0 Å². The summed E-state index contributed by atoms with van der Waals surface area (Å²) < 4.78 is 5.40. The van der Waals surface area contributed by atoms with E-state index in [1.165, 1.54) is 11.9 Å². The first kappa shape index (κ1) is 26.6. The van der Waals surface area contributed by atoms with Crippen LogP contribution in [-0.4, -0.2) is 58.6 Å². The Kier molecular flexibility index (Phi) is 9.46. The predicted octanol–water partition coefficient (Wildman–Crippen LogP) is 2.05. The molecule has 1 saturated heterocycles. The van der Waals surface area contributed by atoms with Crippen LogP contribution in [0.5, 0.6) is 5.75 Å². The molecule has 3 aromatic rings. The minimum atomic E-state index is -0.557. The summed E-state index contributed by atoms with van der Waals surface area (Å²) in [6.45, 7) is 4.90. The maximum atomic E-state index is 11.8. The molecular formula is C29H34N4O4. The summed E-state index contributed by atoms with van der Waals surface area (Å²) in [6.07, 6.45) is 2.73. The molecule has 0 bridgehead atoms. The van der Waals surface area contributed by atoms with Gasteiger partial charge >= 0.3 is 0 Å². The van der Waals surface area contributed by atoms with Crippen LogP contribution in [0.1, 0.15) is 47.2 Å². The highest BCUT2D eigenvalue weighted by atomic mass is 16.5. The molecule has 0 saturated carbocycles. The Morgan fingerprint density at radius 3 is 2.49 bits per heavy atom. The number of benzene rings is 2. The lowest BCUT2D eigenvalue weighted by molar-refractivity contribution is 0.190. The molecule has 5 N–H and O–H groups in total. The molecule has 4 rings (SSSR count). The highest BCUT2D eigenvalue weighted by molar-refractivity contribution is 5.44. The van der Waals surface area contributed by atoms with Crippen molar-refractivity contribution in [2.24, 2.45) is 0 Å². The molecule has 37 heavy (non-hydrogen) atoms. The molecular weight excluding hydrogens is 468 g/mol. The van der Waals surface area contributed by atoms with Crippen molar-refractivity contribution in [1.29, 1.82) is 0 Å². The largest absolute Gasteiger partial charge is 0.502 e. The quantitative estimate of drug-likeness (QED) is 0.269. The van der Waals surface area contributed by atoms with Gasteiger partial charge in [0, 0.05) is 55.2 Å². The van der Waals surface area contributed by atoms with Gasteiger partial charge in [0.25, 0.3) is 5.56 Å². The van der Waals surface area contributed by atoms with E-state index < -0.39 is 5.56 Å². The molecule has 0 spiro atoms. The van der Waals surface area contributed by atoms with Gasteiger partial charge in [0.1, 0.15) is 0 Å². The zero-order valence-electron chi connectivity index (χ0n) is 21.0. The van der Waals surface area contributed by atoms with Crippen LogP contribution in [0, 0.1) is 11.8 Å². The molecule has 0 amide bonds. The SMILES string of the molecule is CC(CO)NCC(Cc1nc[nH]c(=O)c1O)c1ccc(C#Cc2ccc(CN[C@H]3CCOC3)cc2)cc1. The number of nitrogens with zero attached hydrogens (tertiary/aromatic N) is 1. The molecule has 2 heterocycles. The number of rotatable bonds is 10. The van der Waals surface area contributed by atoms with Crippen molar-refractivity contribution in [3.8, 4) is 17.6 Å². The highest BCUT2D eigenvalue weighted by Gasteiger charge is 2.18. The third-order valence-electron chi connectivity index (χ3n) is 6.54. The van der Waals surface area contributed by atoms with Crippen molar-refractivity contribution < 1.29 is 14.9 Å². The fourth-order valence-corrected chi connectivity index (χ4v) is 4.17. The van der Waals surface area contributed by atoms with Gasteiger partial charge in [-0.3, -0.25) is 4.79 Å². The van der Waals surface area contributed by atoms with E-state index in [4.69, 9.17) is 4.74 Å². The van der Waals surface area contributed by atoms with Crippen LogP contribution in [-0.2, 0) is 17.7 Å². The lowest BCUT2D eigenvalue weighted by Gasteiger charge is -2.20. The van der Waals surface area contributed by atoms with Gasteiger partial charge in [-0.1, -0.05) is 36.1 Å². The zero-order chi connectivity index (χ0) is 26.0. The summed E-state index contributed by atoms with van der Waals surface area (Å²) in [5, 5.41) is 26.3. The normalized spacial score (nSPS) is 16.6. The molecule has 1 aromatic heterocycles. The number of aliphatic hydroxyl groups is 1. The monoisotopic (exact) mass is 502 g/mol. The Labute approximate surface area is 217 Å². The van der Waals surface area contributed by atoms with Gasteiger partial charge in [0.05, 0.1) is 25.2 Å². The Morgan fingerprint density at radius 1 is 1.14 bits per heavy atom. The van der Waals surface area contributed by atoms with Gasteiger partial charge in [-0.05, 0) is 48.7 Å². The van der Waals surface area contributed by atoms with Crippen molar-refractivity contribution in [3.05, 3.63) is 93.2 Å². The van der Waals surface area contributed by atoms with E-state index in [-0.39, 0.29) is 24.3 Å². The van der Waals surface area contributed by atoms with E-state index in [0.29, 0.717) is 24.7 Å². The van der Waals surface area contributed by atoms with Crippen LogP contribution in [0.3, 0.4) is 0 Å². The standard InChI is InChI=1S/C29H34N4O4/c1-20(17-34)30-16-25(14-27-28(35)29(36)33-19-32-27)24-10-8-22(9-11-24)3-2-21-4-6-23(7-5-21)15-31-26-12-13-37-18-26/h4-11,19-20,25-26,30-31,34-35H,12-18H2,1H3,(H,32,33,36)/t20?,25?,26-/m0/s1. The average molecular weight is 503 g/mol. The van der Waals surface area contributed by atoms with Gasteiger partial charge in [-0.15, -0.1) is 0 Å². The number of aromatic nitrogens is 2. The van der Waals surface area contributed by atoms with Crippen LogP contribution in [0.4, 0.5) is 0 Å². The van der Waals surface area contributed by atoms with Crippen LogP contribution in [0.25, 0.3) is 0 Å². The third-order valence-corrected chi connectivity index (χ3v) is 6.54. The summed E-state index contributed by atoms with van der Waals surface area (Å²) in [5.41, 5.74) is 3.87. The lowest BCUT2D eigenvalue weighted by Crippen LogP contribution is -2.33. The molecule has 1 aliphatic heterocycles. The molecule has 8 heteroatoms. The number of nitrogens with one attached hydrogen (secondary N) is 3. The van der Waals surface area contributed by atoms with Gasteiger partial charge in [-0.25, -0.2) is 4.98 Å².